The number of hydrogen-bond donors (Lipinski definition) is 3. The van der Waals surface area contributed by atoms with Gasteiger partial charge >= 0.3 is 5.97 Å². The third-order valence-corrected chi connectivity index (χ3v) is 3.85. The molecule has 0 unspecified atom stereocenters. The zero-order valence-corrected chi connectivity index (χ0v) is 12.5. The van der Waals surface area contributed by atoms with Gasteiger partial charge in [0.05, 0.1) is 0 Å². The van der Waals surface area contributed by atoms with Crippen LogP contribution in [0.3, 0.4) is 0 Å². The fraction of sp³-hybridized carbons (Fsp3) is 0.125. The molecule has 0 aliphatic rings. The monoisotopic (exact) mass is 316 g/mol. The summed E-state index contributed by atoms with van der Waals surface area (Å²) in [6, 6.07) is 17.1. The Balaban J connectivity index is 1.87. The lowest BCUT2D eigenvalue weighted by atomic mass is 10.2. The molecule has 2 aromatic rings. The van der Waals surface area contributed by atoms with Gasteiger partial charge in [0, 0.05) is 17.0 Å². The maximum Gasteiger partial charge on any atom is 0.323 e. The molecule has 2 rings (SSSR count). The molecule has 22 heavy (non-hydrogen) atoms. The van der Waals surface area contributed by atoms with Gasteiger partial charge in [0.15, 0.2) is 0 Å². The average Bonchev–Trinajstić information content (AvgIpc) is 2.56. The highest BCUT2D eigenvalue weighted by Crippen LogP contribution is 2.13. The smallest absolute Gasteiger partial charge is 0.323 e. The van der Waals surface area contributed by atoms with Crippen molar-refractivity contribution in [2.24, 2.45) is 0 Å². The van der Waals surface area contributed by atoms with Gasteiger partial charge in [-0.3, -0.25) is 9.59 Å². The van der Waals surface area contributed by atoms with Crippen molar-refractivity contribution in [3.8, 4) is 0 Å². The molecular weight excluding hydrogens is 300 g/mol. The number of carbonyl (C=O) groups is 2. The third kappa shape index (κ3) is 4.91. The van der Waals surface area contributed by atoms with Crippen molar-refractivity contribution in [1.29, 1.82) is 0 Å². The topological polar surface area (TPSA) is 78.4 Å². The van der Waals surface area contributed by atoms with Crippen molar-refractivity contribution in [3.63, 3.8) is 0 Å². The van der Waals surface area contributed by atoms with Crippen LogP contribution in [0, 0.1) is 0 Å². The van der Waals surface area contributed by atoms with E-state index in [1.807, 2.05) is 36.4 Å². The molecule has 0 fully saturated rings. The number of carboxylic acids is 1. The molecule has 0 saturated heterocycles. The molecule has 0 aliphatic heterocycles. The van der Waals surface area contributed by atoms with E-state index in [0.717, 1.165) is 17.4 Å². The van der Waals surface area contributed by atoms with E-state index in [1.165, 1.54) is 0 Å². The van der Waals surface area contributed by atoms with Crippen molar-refractivity contribution in [2.45, 2.75) is 6.04 Å². The van der Waals surface area contributed by atoms with Crippen LogP contribution in [0.5, 0.6) is 0 Å². The van der Waals surface area contributed by atoms with Gasteiger partial charge in [-0.15, -0.1) is 0 Å². The summed E-state index contributed by atoms with van der Waals surface area (Å²) in [6.07, 6.45) is 0. The summed E-state index contributed by atoms with van der Waals surface area (Å²) in [5, 5.41) is 9.06. The minimum Gasteiger partial charge on any atom is -0.480 e. The van der Waals surface area contributed by atoms with E-state index in [1.54, 1.807) is 24.3 Å². The molecule has 2 aromatic carbocycles. The van der Waals surface area contributed by atoms with Crippen LogP contribution in [0.25, 0.3) is 0 Å². The average molecular weight is 316 g/mol. The van der Waals surface area contributed by atoms with E-state index in [9.17, 15) is 14.7 Å². The number of rotatable bonds is 7. The zero-order chi connectivity index (χ0) is 15.8. The Bertz CT molecular complexity index is 620. The van der Waals surface area contributed by atoms with Crippen LogP contribution in [0.1, 0.15) is 10.4 Å². The maximum absolute atomic E-state index is 12.0. The van der Waals surface area contributed by atoms with Gasteiger partial charge in [-0.25, -0.2) is 5.43 Å². The van der Waals surface area contributed by atoms with Crippen molar-refractivity contribution in [2.75, 3.05) is 11.2 Å². The van der Waals surface area contributed by atoms with Crippen molar-refractivity contribution in [3.05, 3.63) is 66.2 Å². The van der Waals surface area contributed by atoms with Crippen LogP contribution in [0.4, 0.5) is 5.69 Å². The standard InChI is InChI=1S/C16H16N2O3S/c19-15(20)14(18-17-13-9-5-2-6-10-13)11-22-16(21)12-7-3-1-4-8-12/h1-10,14,17-18H,11H2,(H,19,20)/t14-/m0/s1. The van der Waals surface area contributed by atoms with Gasteiger partial charge in [-0.2, -0.15) is 0 Å². The number of anilines is 1. The minimum atomic E-state index is -1.02. The Morgan fingerprint density at radius 2 is 1.59 bits per heavy atom. The third-order valence-electron chi connectivity index (χ3n) is 2.85. The lowest BCUT2D eigenvalue weighted by Crippen LogP contribution is -2.42. The molecule has 6 heteroatoms. The Kier molecular flexibility index (Phi) is 6.00. The SMILES string of the molecule is O=C(SC[C@H](NNc1ccccc1)C(=O)O)c1ccccc1. The number of benzene rings is 2. The fourth-order valence-corrected chi connectivity index (χ4v) is 2.53. The Hall–Kier alpha value is -2.31. The normalized spacial score (nSPS) is 11.6. The highest BCUT2D eigenvalue weighted by Gasteiger charge is 2.19. The number of carboxylic acid groups (broad SMARTS) is 1. The molecule has 0 radical (unpaired) electrons. The van der Waals surface area contributed by atoms with Gasteiger partial charge in [0.1, 0.15) is 6.04 Å². The number of carbonyl (C=O) groups excluding carboxylic acids is 1. The summed E-state index contributed by atoms with van der Waals surface area (Å²) in [4.78, 5) is 23.2. The molecule has 0 amide bonds. The van der Waals surface area contributed by atoms with Crippen LogP contribution in [-0.2, 0) is 4.79 Å². The largest absolute Gasteiger partial charge is 0.480 e. The van der Waals surface area contributed by atoms with E-state index < -0.39 is 12.0 Å². The van der Waals surface area contributed by atoms with Gasteiger partial charge in [-0.1, -0.05) is 60.3 Å². The number of thioether (sulfide) groups is 1. The quantitative estimate of drug-likeness (QED) is 0.682. The first-order valence-electron chi connectivity index (χ1n) is 6.68. The van der Waals surface area contributed by atoms with E-state index in [2.05, 4.69) is 10.9 Å². The summed E-state index contributed by atoms with van der Waals surface area (Å²) in [5.41, 5.74) is 6.87. The first-order valence-corrected chi connectivity index (χ1v) is 7.67. The summed E-state index contributed by atoms with van der Waals surface area (Å²) in [6.45, 7) is 0. The number of aliphatic carboxylic acids is 1. The molecule has 114 valence electrons. The van der Waals surface area contributed by atoms with Gasteiger partial charge in [0.2, 0.25) is 5.12 Å². The van der Waals surface area contributed by atoms with Crippen LogP contribution < -0.4 is 10.9 Å². The van der Waals surface area contributed by atoms with E-state index in [0.29, 0.717) is 5.56 Å². The van der Waals surface area contributed by atoms with E-state index in [4.69, 9.17) is 0 Å². The first-order chi connectivity index (χ1) is 10.7. The molecule has 5 nitrogen and oxygen atoms in total. The zero-order valence-electron chi connectivity index (χ0n) is 11.7. The van der Waals surface area contributed by atoms with Crippen molar-refractivity contribution in [1.82, 2.24) is 5.43 Å². The molecule has 3 N–H and O–H groups in total. The number of para-hydroxylation sites is 1. The lowest BCUT2D eigenvalue weighted by molar-refractivity contribution is -0.138. The predicted octanol–water partition coefficient (Wildman–Crippen LogP) is 2.63. The van der Waals surface area contributed by atoms with E-state index in [-0.39, 0.29) is 10.9 Å². The Labute approximate surface area is 132 Å². The van der Waals surface area contributed by atoms with Crippen LogP contribution >= 0.6 is 11.8 Å². The molecule has 0 aliphatic carbocycles. The second-order valence-electron chi connectivity index (χ2n) is 4.49. The molecule has 0 saturated carbocycles. The summed E-state index contributed by atoms with van der Waals surface area (Å²) in [7, 11) is 0. The molecule has 1 atom stereocenters. The number of hydrogen-bond acceptors (Lipinski definition) is 5. The second kappa shape index (κ2) is 8.21. The predicted molar refractivity (Wildman–Crippen MR) is 87.9 cm³/mol. The molecule has 0 aromatic heterocycles. The number of nitrogens with one attached hydrogen (secondary N) is 2. The van der Waals surface area contributed by atoms with Crippen molar-refractivity contribution < 1.29 is 14.7 Å². The Morgan fingerprint density at radius 3 is 2.18 bits per heavy atom. The van der Waals surface area contributed by atoms with Crippen LogP contribution in [0.2, 0.25) is 0 Å². The highest BCUT2D eigenvalue weighted by atomic mass is 32.2. The fourth-order valence-electron chi connectivity index (χ4n) is 1.68. The molecule has 0 heterocycles. The van der Waals surface area contributed by atoms with Gasteiger partial charge in [0.25, 0.3) is 0 Å². The minimum absolute atomic E-state index is 0.128. The van der Waals surface area contributed by atoms with Crippen molar-refractivity contribution >= 4 is 28.5 Å². The highest BCUT2D eigenvalue weighted by molar-refractivity contribution is 8.14. The van der Waals surface area contributed by atoms with Crippen LogP contribution in [-0.4, -0.2) is 28.0 Å². The molecule has 0 bridgehead atoms. The van der Waals surface area contributed by atoms with Gasteiger partial charge < -0.3 is 10.5 Å². The van der Waals surface area contributed by atoms with Gasteiger partial charge in [-0.05, 0) is 12.1 Å². The first kappa shape index (κ1) is 16.1. The summed E-state index contributed by atoms with van der Waals surface area (Å²) in [5.74, 6) is -0.889. The summed E-state index contributed by atoms with van der Waals surface area (Å²) < 4.78 is 0. The molecular formula is C16H16N2O3S. The Morgan fingerprint density at radius 1 is 1.00 bits per heavy atom. The summed E-state index contributed by atoms with van der Waals surface area (Å²) >= 11 is 0.979. The van der Waals surface area contributed by atoms with E-state index >= 15 is 0 Å². The van der Waals surface area contributed by atoms with Crippen LogP contribution in [0.15, 0.2) is 60.7 Å². The molecule has 0 spiro atoms. The lowest BCUT2D eigenvalue weighted by Gasteiger charge is -2.15. The maximum atomic E-state index is 12.0. The second-order valence-corrected chi connectivity index (χ2v) is 5.48. The number of hydrazine groups is 1.